The fraction of sp³-hybridized carbons (Fsp3) is 0.356. The number of carbonyl (C=O) groups is 5. The summed E-state index contributed by atoms with van der Waals surface area (Å²) in [4.78, 5) is 71.8. The molecule has 1 unspecified atom stereocenters. The first-order chi connectivity index (χ1) is 27.1. The Balaban J connectivity index is 0.761. The molecule has 5 aliphatic heterocycles. The van der Waals surface area contributed by atoms with Crippen molar-refractivity contribution in [3.05, 3.63) is 129 Å². The second kappa shape index (κ2) is 13.2. The molecule has 0 bridgehead atoms. The predicted molar refractivity (Wildman–Crippen MR) is 207 cm³/mol. The van der Waals surface area contributed by atoms with E-state index >= 15 is 0 Å². The first kappa shape index (κ1) is 34.7. The van der Waals surface area contributed by atoms with Crippen LogP contribution in [0, 0.1) is 5.41 Å². The Morgan fingerprint density at radius 2 is 1.48 bits per heavy atom. The number of hydrogen-bond acceptors (Lipinski definition) is 8. The highest BCUT2D eigenvalue weighted by Gasteiger charge is 2.49. The van der Waals surface area contributed by atoms with Crippen LogP contribution in [0.2, 0.25) is 0 Å². The molecule has 3 atom stereocenters. The molecule has 6 aliphatic rings. The molecule has 4 aromatic rings. The monoisotopic (exact) mass is 749 g/mol. The number of anilines is 1. The third-order valence-corrected chi connectivity index (χ3v) is 13.2. The zero-order chi connectivity index (χ0) is 38.3. The molecule has 11 heteroatoms. The molecule has 0 saturated carbocycles. The van der Waals surface area contributed by atoms with Crippen molar-refractivity contribution >= 4 is 35.2 Å². The van der Waals surface area contributed by atoms with Gasteiger partial charge in [-0.3, -0.25) is 39.1 Å². The first-order valence-corrected chi connectivity index (χ1v) is 19.7. The zero-order valence-corrected chi connectivity index (χ0v) is 31.1. The van der Waals surface area contributed by atoms with Gasteiger partial charge >= 0.3 is 0 Å². The van der Waals surface area contributed by atoms with Gasteiger partial charge in [-0.1, -0.05) is 48.5 Å². The van der Waals surface area contributed by atoms with E-state index in [0.717, 1.165) is 61.5 Å². The van der Waals surface area contributed by atoms with Gasteiger partial charge in [0.2, 0.25) is 17.7 Å². The van der Waals surface area contributed by atoms with E-state index in [0.29, 0.717) is 24.8 Å². The van der Waals surface area contributed by atoms with E-state index in [-0.39, 0.29) is 47.8 Å². The van der Waals surface area contributed by atoms with E-state index < -0.39 is 29.7 Å². The fourth-order valence-corrected chi connectivity index (χ4v) is 10.4. The molecule has 2 N–H and O–H groups in total. The van der Waals surface area contributed by atoms with E-state index in [1.165, 1.54) is 27.9 Å². The van der Waals surface area contributed by atoms with Gasteiger partial charge in [0.25, 0.3) is 11.8 Å². The Morgan fingerprint density at radius 1 is 0.768 bits per heavy atom. The van der Waals surface area contributed by atoms with Gasteiger partial charge in [-0.05, 0) is 101 Å². The standard InChI is InChI=1S/C45H43N5O6/c51-33-11-13-35-29(18-33)8-12-34(27-4-2-1-3-5-27)41(35)28-6-9-32(10-7-28)49-25-45(26-49)16-17-48(24-45)40(53)23-47-21-30-19-36-37(20-31(30)22-47)44(56)50(43(36)55)38-14-15-39(52)46-42(38)54/h1-7,9-11,13,18-20,34,38,41,51H,8,12,14-17,21-26H2,(H,46,52,54)/t34-,38?,41+/m1/s1. The highest BCUT2D eigenvalue weighted by molar-refractivity contribution is 6.23. The van der Waals surface area contributed by atoms with Crippen LogP contribution in [-0.2, 0) is 33.9 Å². The Labute approximate surface area is 324 Å². The number of amides is 5. The molecule has 1 aliphatic carbocycles. The highest BCUT2D eigenvalue weighted by atomic mass is 16.3. The lowest BCUT2D eigenvalue weighted by Crippen LogP contribution is -2.58. The van der Waals surface area contributed by atoms with Crippen LogP contribution in [0.5, 0.6) is 5.75 Å². The number of nitrogens with zero attached hydrogens (tertiary/aromatic N) is 4. The number of aryl methyl sites for hydroxylation is 1. The Bertz CT molecular complexity index is 2270. The summed E-state index contributed by atoms with van der Waals surface area (Å²) in [6, 6.07) is 28.1. The van der Waals surface area contributed by atoms with Gasteiger partial charge in [-0.2, -0.15) is 0 Å². The summed E-state index contributed by atoms with van der Waals surface area (Å²) in [5.74, 6) is -1.08. The van der Waals surface area contributed by atoms with Crippen LogP contribution >= 0.6 is 0 Å². The molecule has 1 spiro atoms. The van der Waals surface area contributed by atoms with Crippen LogP contribution in [0.3, 0.4) is 0 Å². The van der Waals surface area contributed by atoms with Crippen molar-refractivity contribution in [2.45, 2.75) is 63.1 Å². The lowest BCUT2D eigenvalue weighted by atomic mass is 9.69. The minimum Gasteiger partial charge on any atom is -0.508 e. The number of rotatable bonds is 6. The Morgan fingerprint density at radius 3 is 2.18 bits per heavy atom. The van der Waals surface area contributed by atoms with Crippen molar-refractivity contribution in [1.29, 1.82) is 0 Å². The highest BCUT2D eigenvalue weighted by Crippen LogP contribution is 2.48. The SMILES string of the molecule is O=C1CCC(N2C(=O)c3cc4c(cc3C2=O)CN(CC(=O)N2CCC3(C2)CN(c2ccc([C@@H]5c6ccc(O)cc6CC[C@@H]5c5ccccc5)cc2)C3)C4)C(=O)N1. The number of aromatic hydroxyl groups is 1. The molecule has 0 aromatic heterocycles. The third kappa shape index (κ3) is 5.79. The van der Waals surface area contributed by atoms with E-state index in [1.54, 1.807) is 12.1 Å². The molecular formula is C45H43N5O6. The van der Waals surface area contributed by atoms with E-state index in [2.05, 4.69) is 75.8 Å². The molecule has 3 fully saturated rings. The maximum atomic E-state index is 13.6. The molecule has 5 heterocycles. The fourth-order valence-electron chi connectivity index (χ4n) is 10.4. The van der Waals surface area contributed by atoms with Gasteiger partial charge in [0.1, 0.15) is 11.8 Å². The second-order valence-corrected chi connectivity index (χ2v) is 16.7. The molecular weight excluding hydrogens is 707 g/mol. The van der Waals surface area contributed by atoms with Crippen LogP contribution in [0.1, 0.15) is 91.6 Å². The number of phenolic OH excluding ortho intramolecular Hbond substituents is 1. The summed E-state index contributed by atoms with van der Waals surface area (Å²) < 4.78 is 0. The lowest BCUT2D eigenvalue weighted by molar-refractivity contribution is -0.136. The van der Waals surface area contributed by atoms with Gasteiger partial charge in [0.05, 0.1) is 17.7 Å². The molecule has 56 heavy (non-hydrogen) atoms. The molecule has 10 rings (SSSR count). The molecule has 11 nitrogen and oxygen atoms in total. The van der Waals surface area contributed by atoms with Crippen molar-refractivity contribution in [3.63, 3.8) is 0 Å². The summed E-state index contributed by atoms with van der Waals surface area (Å²) >= 11 is 0. The van der Waals surface area contributed by atoms with Crippen molar-refractivity contribution in [2.75, 3.05) is 37.6 Å². The molecule has 3 saturated heterocycles. The number of hydrogen-bond donors (Lipinski definition) is 2. The number of carbonyl (C=O) groups excluding carboxylic acids is 5. The lowest BCUT2D eigenvalue weighted by Gasteiger charge is -2.49. The van der Waals surface area contributed by atoms with Crippen LogP contribution in [0.15, 0.2) is 84.9 Å². The molecule has 0 radical (unpaired) electrons. The largest absolute Gasteiger partial charge is 0.508 e. The average Bonchev–Trinajstić information content (AvgIpc) is 3.88. The molecule has 5 amide bonds. The number of benzene rings is 4. The van der Waals surface area contributed by atoms with Gasteiger partial charge < -0.3 is 14.9 Å². The van der Waals surface area contributed by atoms with Crippen molar-refractivity contribution in [2.24, 2.45) is 5.41 Å². The van der Waals surface area contributed by atoms with E-state index in [9.17, 15) is 29.1 Å². The third-order valence-electron chi connectivity index (χ3n) is 13.2. The maximum absolute atomic E-state index is 13.6. The van der Waals surface area contributed by atoms with Crippen LogP contribution < -0.4 is 10.2 Å². The number of imide groups is 2. The first-order valence-electron chi connectivity index (χ1n) is 19.7. The summed E-state index contributed by atoms with van der Waals surface area (Å²) in [6.45, 7) is 4.55. The second-order valence-electron chi connectivity index (χ2n) is 16.7. The Kier molecular flexibility index (Phi) is 8.14. The van der Waals surface area contributed by atoms with Gasteiger partial charge in [-0.15, -0.1) is 0 Å². The van der Waals surface area contributed by atoms with Gasteiger partial charge in [0, 0.05) is 62.7 Å². The zero-order valence-electron chi connectivity index (χ0n) is 31.1. The number of nitrogens with one attached hydrogen (secondary N) is 1. The average molecular weight is 750 g/mol. The van der Waals surface area contributed by atoms with Crippen molar-refractivity contribution in [1.82, 2.24) is 20.0 Å². The van der Waals surface area contributed by atoms with Crippen LogP contribution in [-0.4, -0.2) is 88.1 Å². The van der Waals surface area contributed by atoms with Crippen LogP contribution in [0.4, 0.5) is 5.69 Å². The number of likely N-dealkylation sites (tertiary alicyclic amines) is 1. The normalized spacial score (nSPS) is 23.9. The molecule has 4 aromatic carbocycles. The van der Waals surface area contributed by atoms with Crippen LogP contribution in [0.25, 0.3) is 0 Å². The minimum atomic E-state index is -0.994. The molecule has 284 valence electrons. The maximum Gasteiger partial charge on any atom is 0.262 e. The summed E-state index contributed by atoms with van der Waals surface area (Å²) in [6.07, 6.45) is 3.14. The minimum absolute atomic E-state index is 0.0779. The summed E-state index contributed by atoms with van der Waals surface area (Å²) in [7, 11) is 0. The van der Waals surface area contributed by atoms with E-state index in [1.807, 2.05) is 17.0 Å². The van der Waals surface area contributed by atoms with Crippen molar-refractivity contribution in [3.8, 4) is 5.75 Å². The van der Waals surface area contributed by atoms with E-state index in [4.69, 9.17) is 0 Å². The smallest absolute Gasteiger partial charge is 0.262 e. The Hall–Kier alpha value is -5.81. The predicted octanol–water partition coefficient (Wildman–Crippen LogP) is 4.71. The van der Waals surface area contributed by atoms with Crippen molar-refractivity contribution < 1.29 is 29.1 Å². The number of piperidine rings is 1. The quantitative estimate of drug-likeness (QED) is 0.272. The number of phenols is 1. The topological polar surface area (TPSA) is 131 Å². The summed E-state index contributed by atoms with van der Waals surface area (Å²) in [5, 5.41) is 12.5. The number of fused-ring (bicyclic) bond motifs is 3. The summed E-state index contributed by atoms with van der Waals surface area (Å²) in [5.41, 5.74) is 8.78. The van der Waals surface area contributed by atoms with Gasteiger partial charge in [-0.25, -0.2) is 0 Å². The van der Waals surface area contributed by atoms with Gasteiger partial charge in [0.15, 0.2) is 0 Å².